The fraction of sp³-hybridized carbons (Fsp3) is 0.0556. The third kappa shape index (κ3) is 2.63. The molecule has 3 rings (SSSR count). The van der Waals surface area contributed by atoms with E-state index in [4.69, 9.17) is 11.6 Å². The Morgan fingerprint density at radius 2 is 2.09 bits per heavy atom. The predicted molar refractivity (Wildman–Crippen MR) is 93.2 cm³/mol. The van der Waals surface area contributed by atoms with Gasteiger partial charge < -0.3 is 16.1 Å². The number of fused-ring (bicyclic) bond motifs is 1. The second kappa shape index (κ2) is 6.26. The van der Waals surface area contributed by atoms with Gasteiger partial charge in [0.05, 0.1) is 11.4 Å². The Morgan fingerprint density at radius 3 is 2.87 bits per heavy atom. The summed E-state index contributed by atoms with van der Waals surface area (Å²) in [7, 11) is 0. The highest BCUT2D eigenvalue weighted by Gasteiger charge is 2.19. The molecule has 0 aliphatic heterocycles. The van der Waals surface area contributed by atoms with E-state index in [1.165, 1.54) is 0 Å². The summed E-state index contributed by atoms with van der Waals surface area (Å²) in [5.74, 6) is 5.66. The number of aromatic nitrogens is 1. The van der Waals surface area contributed by atoms with Crippen LogP contribution in [0, 0.1) is 11.3 Å². The minimum atomic E-state index is 0.0508. The topological polar surface area (TPSA) is 104 Å². The number of hydrogen-bond donors (Lipinski definition) is 4. The number of nitrogens with two attached hydrogens (primary N) is 2. The molecule has 5 nitrogen and oxygen atoms in total. The average Bonchev–Trinajstić information content (AvgIpc) is 2.77. The van der Waals surface area contributed by atoms with Crippen LogP contribution >= 0.6 is 0 Å². The van der Waals surface area contributed by atoms with Crippen molar-refractivity contribution in [1.82, 2.24) is 10.4 Å². The van der Waals surface area contributed by atoms with Crippen molar-refractivity contribution >= 4 is 22.2 Å². The van der Waals surface area contributed by atoms with Crippen LogP contribution < -0.4 is 17.0 Å². The van der Waals surface area contributed by atoms with Gasteiger partial charge in [-0.15, -0.1) is 0 Å². The number of nitriles is 1. The first-order valence-corrected chi connectivity index (χ1v) is 7.27. The minimum absolute atomic E-state index is 0.0508. The van der Waals surface area contributed by atoms with E-state index in [-0.39, 0.29) is 5.70 Å². The first kappa shape index (κ1) is 14.7. The van der Waals surface area contributed by atoms with Crippen molar-refractivity contribution in [3.8, 4) is 6.07 Å². The van der Waals surface area contributed by atoms with Crippen LogP contribution in [0.15, 0.2) is 60.3 Å². The maximum atomic E-state index is 9.18. The summed E-state index contributed by atoms with van der Waals surface area (Å²) in [6.45, 7) is 0. The second-order valence-electron chi connectivity index (χ2n) is 5.15. The summed E-state index contributed by atoms with van der Waals surface area (Å²) in [4.78, 5) is 3.41. The molecule has 0 radical (unpaired) electrons. The lowest BCUT2D eigenvalue weighted by molar-refractivity contribution is 0.981. The molecule has 0 spiro atoms. The Morgan fingerprint density at radius 1 is 1.26 bits per heavy atom. The predicted octanol–water partition coefficient (Wildman–Crippen LogP) is 2.68. The second-order valence-corrected chi connectivity index (χ2v) is 5.15. The van der Waals surface area contributed by atoms with Gasteiger partial charge in [-0.1, -0.05) is 48.6 Å². The zero-order chi connectivity index (χ0) is 16.2. The molecule has 0 saturated carbocycles. The SMILES string of the molecule is N#C/C(N)=C(/NN)c1c(C2=CCC=CC=C2)[nH]c2ccccc12. The van der Waals surface area contributed by atoms with Gasteiger partial charge in [-0.3, -0.25) is 5.84 Å². The lowest BCUT2D eigenvalue weighted by Gasteiger charge is -2.10. The molecule has 0 bridgehead atoms. The molecule has 5 heteroatoms. The number of benzene rings is 1. The average molecular weight is 303 g/mol. The van der Waals surface area contributed by atoms with E-state index in [9.17, 15) is 5.26 Å². The number of allylic oxidation sites excluding steroid dienone is 7. The molecule has 6 N–H and O–H groups in total. The van der Waals surface area contributed by atoms with Crippen LogP contribution in [-0.4, -0.2) is 4.98 Å². The standard InChI is InChI=1S/C18H17N5/c19-11-14(20)18(23-21)16-13-9-5-6-10-15(13)22-17(16)12-7-3-1-2-4-8-12/h1-3,5-10,22-23H,4,20-21H2/b18-14-. The molecule has 1 aliphatic rings. The summed E-state index contributed by atoms with van der Waals surface area (Å²) in [6, 6.07) is 9.83. The highest BCUT2D eigenvalue weighted by molar-refractivity contribution is 6.00. The molecule has 0 atom stereocenters. The number of nitrogens with one attached hydrogen (secondary N) is 2. The van der Waals surface area contributed by atoms with Crippen molar-refractivity contribution in [1.29, 1.82) is 5.26 Å². The molecule has 114 valence electrons. The molecule has 2 aromatic rings. The molecule has 0 saturated heterocycles. The molecular formula is C18H17N5. The molecular weight excluding hydrogens is 286 g/mol. The van der Waals surface area contributed by atoms with Gasteiger partial charge in [0.25, 0.3) is 0 Å². The van der Waals surface area contributed by atoms with Crippen LogP contribution in [-0.2, 0) is 0 Å². The van der Waals surface area contributed by atoms with E-state index >= 15 is 0 Å². The van der Waals surface area contributed by atoms with Crippen molar-refractivity contribution in [2.24, 2.45) is 11.6 Å². The lowest BCUT2D eigenvalue weighted by Crippen LogP contribution is -2.24. The highest BCUT2D eigenvalue weighted by Crippen LogP contribution is 2.33. The zero-order valence-corrected chi connectivity index (χ0v) is 12.5. The van der Waals surface area contributed by atoms with Crippen LogP contribution in [0.2, 0.25) is 0 Å². The molecule has 23 heavy (non-hydrogen) atoms. The van der Waals surface area contributed by atoms with Crippen molar-refractivity contribution < 1.29 is 0 Å². The maximum Gasteiger partial charge on any atom is 0.136 e. The van der Waals surface area contributed by atoms with Gasteiger partial charge in [0, 0.05) is 16.5 Å². The summed E-state index contributed by atoms with van der Waals surface area (Å²) < 4.78 is 0. The highest BCUT2D eigenvalue weighted by atomic mass is 15.2. The van der Waals surface area contributed by atoms with Gasteiger partial charge in [-0.2, -0.15) is 5.26 Å². The normalized spacial score (nSPS) is 14.9. The van der Waals surface area contributed by atoms with Gasteiger partial charge in [0.15, 0.2) is 0 Å². The molecule has 1 heterocycles. The Balaban J connectivity index is 2.33. The Kier molecular flexibility index (Phi) is 4.00. The molecule has 0 amide bonds. The fourth-order valence-corrected chi connectivity index (χ4v) is 2.72. The molecule has 0 fully saturated rings. The van der Waals surface area contributed by atoms with E-state index in [0.29, 0.717) is 5.70 Å². The van der Waals surface area contributed by atoms with Crippen molar-refractivity contribution in [3.05, 3.63) is 71.6 Å². The van der Waals surface area contributed by atoms with Crippen molar-refractivity contribution in [2.45, 2.75) is 6.42 Å². The number of rotatable bonds is 3. The molecule has 1 aliphatic carbocycles. The molecule has 1 aromatic heterocycles. The third-order valence-corrected chi connectivity index (χ3v) is 3.78. The van der Waals surface area contributed by atoms with E-state index in [1.807, 2.05) is 48.6 Å². The molecule has 1 aromatic carbocycles. The summed E-state index contributed by atoms with van der Waals surface area (Å²) in [6.07, 6.45) is 11.0. The van der Waals surface area contributed by atoms with Gasteiger partial charge >= 0.3 is 0 Å². The minimum Gasteiger partial charge on any atom is -0.388 e. The number of H-pyrrole nitrogens is 1. The van der Waals surface area contributed by atoms with Gasteiger partial charge in [-0.05, 0) is 18.1 Å². The van der Waals surface area contributed by atoms with Crippen LogP contribution in [0.3, 0.4) is 0 Å². The fourth-order valence-electron chi connectivity index (χ4n) is 2.72. The van der Waals surface area contributed by atoms with Crippen LogP contribution in [0.4, 0.5) is 0 Å². The number of aromatic amines is 1. The Bertz CT molecular complexity index is 903. The van der Waals surface area contributed by atoms with Crippen LogP contribution in [0.5, 0.6) is 0 Å². The van der Waals surface area contributed by atoms with E-state index < -0.39 is 0 Å². The summed E-state index contributed by atoms with van der Waals surface area (Å²) in [5.41, 5.74) is 12.6. The van der Waals surface area contributed by atoms with Crippen molar-refractivity contribution in [2.75, 3.05) is 0 Å². The van der Waals surface area contributed by atoms with Crippen molar-refractivity contribution in [3.63, 3.8) is 0 Å². The third-order valence-electron chi connectivity index (χ3n) is 3.78. The Labute approximate surface area is 134 Å². The Hall–Kier alpha value is -3.23. The molecule has 0 unspecified atom stereocenters. The van der Waals surface area contributed by atoms with Gasteiger partial charge in [0.1, 0.15) is 11.8 Å². The smallest absolute Gasteiger partial charge is 0.136 e. The maximum absolute atomic E-state index is 9.18. The quantitative estimate of drug-likeness (QED) is 0.397. The van der Waals surface area contributed by atoms with Gasteiger partial charge in [0.2, 0.25) is 0 Å². The zero-order valence-electron chi connectivity index (χ0n) is 12.5. The summed E-state index contributed by atoms with van der Waals surface area (Å²) in [5, 5.41) is 10.1. The van der Waals surface area contributed by atoms with Crippen LogP contribution in [0.25, 0.3) is 22.2 Å². The van der Waals surface area contributed by atoms with E-state index in [1.54, 1.807) is 0 Å². The lowest BCUT2D eigenvalue weighted by atomic mass is 10.0. The van der Waals surface area contributed by atoms with E-state index in [2.05, 4.69) is 22.6 Å². The number of para-hydroxylation sites is 1. The van der Waals surface area contributed by atoms with Crippen LogP contribution in [0.1, 0.15) is 17.7 Å². The van der Waals surface area contributed by atoms with E-state index in [0.717, 1.165) is 34.2 Å². The monoisotopic (exact) mass is 303 g/mol. The summed E-state index contributed by atoms with van der Waals surface area (Å²) >= 11 is 0. The first-order valence-electron chi connectivity index (χ1n) is 7.27. The van der Waals surface area contributed by atoms with Gasteiger partial charge in [-0.25, -0.2) is 0 Å². The first-order chi connectivity index (χ1) is 11.3. The number of nitrogens with zero attached hydrogens (tertiary/aromatic N) is 1. The number of hydrazine groups is 1. The number of hydrogen-bond acceptors (Lipinski definition) is 4. The largest absolute Gasteiger partial charge is 0.388 e.